The third-order valence-electron chi connectivity index (χ3n) is 3.66. The summed E-state index contributed by atoms with van der Waals surface area (Å²) in [5, 5.41) is 13.7. The van der Waals surface area contributed by atoms with E-state index in [-0.39, 0.29) is 11.6 Å². The van der Waals surface area contributed by atoms with Gasteiger partial charge in [0.1, 0.15) is 0 Å². The van der Waals surface area contributed by atoms with Crippen molar-refractivity contribution in [3.05, 3.63) is 69.8 Å². The first kappa shape index (κ1) is 13.3. The molecule has 0 aliphatic carbocycles. The van der Waals surface area contributed by atoms with Crippen molar-refractivity contribution in [2.75, 3.05) is 5.32 Å². The zero-order valence-corrected chi connectivity index (χ0v) is 11.0. The third-order valence-corrected chi connectivity index (χ3v) is 3.66. The summed E-state index contributed by atoms with van der Waals surface area (Å²) >= 11 is 0. The zero-order valence-electron chi connectivity index (χ0n) is 11.0. The van der Waals surface area contributed by atoms with E-state index in [0.29, 0.717) is 11.3 Å². The lowest BCUT2D eigenvalue weighted by Crippen LogP contribution is -2.44. The molecule has 0 fully saturated rings. The highest BCUT2D eigenvalue weighted by Crippen LogP contribution is 2.38. The quantitative estimate of drug-likeness (QED) is 0.650. The molecule has 0 spiro atoms. The van der Waals surface area contributed by atoms with E-state index >= 15 is 0 Å². The lowest BCUT2D eigenvalue weighted by molar-refractivity contribution is -0.384. The third kappa shape index (κ3) is 2.25. The topological polar surface area (TPSA) is 98.3 Å². The van der Waals surface area contributed by atoms with Gasteiger partial charge in [0.05, 0.1) is 11.0 Å². The number of benzene rings is 2. The van der Waals surface area contributed by atoms with E-state index in [0.717, 1.165) is 5.56 Å². The summed E-state index contributed by atoms with van der Waals surface area (Å²) in [5.41, 5.74) is 8.10. The Balaban J connectivity index is 2.18. The van der Waals surface area contributed by atoms with Crippen LogP contribution >= 0.6 is 0 Å². The van der Waals surface area contributed by atoms with Crippen LogP contribution in [0.15, 0.2) is 48.5 Å². The van der Waals surface area contributed by atoms with Crippen molar-refractivity contribution in [1.82, 2.24) is 0 Å². The second-order valence-corrected chi connectivity index (χ2v) is 4.93. The van der Waals surface area contributed by atoms with Crippen molar-refractivity contribution in [3.8, 4) is 0 Å². The number of non-ortho nitro benzene ring substituents is 1. The maximum Gasteiger partial charge on any atom is 0.269 e. The maximum absolute atomic E-state index is 12.0. The van der Waals surface area contributed by atoms with E-state index in [4.69, 9.17) is 5.73 Å². The molecule has 1 heterocycles. The molecule has 1 amide bonds. The van der Waals surface area contributed by atoms with Crippen LogP contribution in [0.3, 0.4) is 0 Å². The normalized spacial score (nSPS) is 20.5. The summed E-state index contributed by atoms with van der Waals surface area (Å²) < 4.78 is 0. The number of amides is 1. The Hall–Kier alpha value is -2.73. The Morgan fingerprint density at radius 2 is 1.86 bits per heavy atom. The lowest BCUT2D eigenvalue weighted by Gasteiger charge is -2.30. The molecule has 0 bridgehead atoms. The minimum Gasteiger partial charge on any atom is -0.324 e. The molecule has 2 unspecified atom stereocenters. The van der Waals surface area contributed by atoms with E-state index in [1.54, 1.807) is 6.07 Å². The van der Waals surface area contributed by atoms with Crippen LogP contribution in [0.25, 0.3) is 0 Å². The number of nitro benzene ring substituents is 1. The molecule has 106 valence electrons. The van der Waals surface area contributed by atoms with E-state index < -0.39 is 16.9 Å². The van der Waals surface area contributed by atoms with Crippen molar-refractivity contribution in [2.45, 2.75) is 12.0 Å². The monoisotopic (exact) mass is 283 g/mol. The van der Waals surface area contributed by atoms with Gasteiger partial charge in [-0.25, -0.2) is 0 Å². The first-order chi connectivity index (χ1) is 10.1. The van der Waals surface area contributed by atoms with Crippen molar-refractivity contribution in [2.24, 2.45) is 5.73 Å². The molecule has 0 saturated heterocycles. The molecule has 1 aliphatic heterocycles. The molecule has 6 heteroatoms. The van der Waals surface area contributed by atoms with Gasteiger partial charge in [0, 0.05) is 23.7 Å². The smallest absolute Gasteiger partial charge is 0.269 e. The number of carbonyl (C=O) groups is 1. The summed E-state index contributed by atoms with van der Waals surface area (Å²) in [5.74, 6) is -0.681. The van der Waals surface area contributed by atoms with E-state index in [9.17, 15) is 14.9 Å². The average molecular weight is 283 g/mol. The van der Waals surface area contributed by atoms with Gasteiger partial charge in [0.2, 0.25) is 5.91 Å². The van der Waals surface area contributed by atoms with Crippen LogP contribution in [0.2, 0.25) is 0 Å². The second-order valence-electron chi connectivity index (χ2n) is 4.93. The first-order valence-corrected chi connectivity index (χ1v) is 6.47. The average Bonchev–Trinajstić information content (AvgIpc) is 2.49. The number of rotatable bonds is 2. The van der Waals surface area contributed by atoms with Gasteiger partial charge in [-0.1, -0.05) is 30.3 Å². The molecule has 0 radical (unpaired) electrons. The zero-order chi connectivity index (χ0) is 15.0. The summed E-state index contributed by atoms with van der Waals surface area (Å²) in [4.78, 5) is 22.5. The number of nitrogens with two attached hydrogens (primary N) is 1. The fourth-order valence-corrected chi connectivity index (χ4v) is 2.64. The van der Waals surface area contributed by atoms with Crippen LogP contribution in [0.5, 0.6) is 0 Å². The van der Waals surface area contributed by atoms with Gasteiger partial charge >= 0.3 is 0 Å². The van der Waals surface area contributed by atoms with Gasteiger partial charge in [-0.05, 0) is 17.2 Å². The van der Waals surface area contributed by atoms with Gasteiger partial charge < -0.3 is 11.1 Å². The Morgan fingerprint density at radius 1 is 1.14 bits per heavy atom. The Morgan fingerprint density at radius 3 is 2.52 bits per heavy atom. The number of anilines is 1. The molecule has 2 atom stereocenters. The van der Waals surface area contributed by atoms with Crippen LogP contribution in [-0.4, -0.2) is 16.9 Å². The van der Waals surface area contributed by atoms with Gasteiger partial charge in [-0.3, -0.25) is 14.9 Å². The number of nitrogens with one attached hydrogen (secondary N) is 1. The van der Waals surface area contributed by atoms with E-state index in [1.807, 2.05) is 30.3 Å². The van der Waals surface area contributed by atoms with Crippen molar-refractivity contribution < 1.29 is 9.72 Å². The van der Waals surface area contributed by atoms with E-state index in [2.05, 4.69) is 5.32 Å². The number of carbonyl (C=O) groups excluding carboxylic acids is 1. The Labute approximate surface area is 120 Å². The SMILES string of the molecule is NC1C(=O)Nc2ccc([N+](=O)[O-])cc2C1c1ccccc1. The molecule has 0 aromatic heterocycles. The highest BCUT2D eigenvalue weighted by atomic mass is 16.6. The van der Waals surface area contributed by atoms with Crippen molar-refractivity contribution in [1.29, 1.82) is 0 Å². The molecule has 1 aliphatic rings. The minimum atomic E-state index is -0.776. The number of nitrogens with zero attached hydrogens (tertiary/aromatic N) is 1. The van der Waals surface area contributed by atoms with Crippen molar-refractivity contribution in [3.63, 3.8) is 0 Å². The summed E-state index contributed by atoms with van der Waals surface area (Å²) in [6, 6.07) is 12.9. The van der Waals surface area contributed by atoms with Gasteiger partial charge in [-0.15, -0.1) is 0 Å². The number of hydrogen-bond acceptors (Lipinski definition) is 4. The predicted molar refractivity (Wildman–Crippen MR) is 78.0 cm³/mol. The molecule has 2 aromatic rings. The van der Waals surface area contributed by atoms with Crippen LogP contribution in [0.1, 0.15) is 17.0 Å². The van der Waals surface area contributed by atoms with Crippen molar-refractivity contribution >= 4 is 17.3 Å². The Kier molecular flexibility index (Phi) is 3.15. The summed E-state index contributed by atoms with van der Waals surface area (Å²) in [6.07, 6.45) is 0. The lowest BCUT2D eigenvalue weighted by atomic mass is 9.81. The first-order valence-electron chi connectivity index (χ1n) is 6.47. The predicted octanol–water partition coefficient (Wildman–Crippen LogP) is 2.01. The maximum atomic E-state index is 12.0. The molecule has 3 N–H and O–H groups in total. The molecular formula is C15H13N3O3. The molecular weight excluding hydrogens is 270 g/mol. The number of fused-ring (bicyclic) bond motifs is 1. The standard InChI is InChI=1S/C15H13N3O3/c16-14-13(9-4-2-1-3-5-9)11-8-10(18(20)21)6-7-12(11)17-15(14)19/h1-8,13-14H,16H2,(H,17,19). The van der Waals surface area contributed by atoms with Gasteiger partial charge in [0.25, 0.3) is 5.69 Å². The number of hydrogen-bond donors (Lipinski definition) is 2. The highest BCUT2D eigenvalue weighted by Gasteiger charge is 2.35. The van der Waals surface area contributed by atoms with E-state index in [1.165, 1.54) is 12.1 Å². The van der Waals surface area contributed by atoms with Crippen LogP contribution in [-0.2, 0) is 4.79 Å². The largest absolute Gasteiger partial charge is 0.324 e. The van der Waals surface area contributed by atoms with Crippen LogP contribution < -0.4 is 11.1 Å². The molecule has 2 aromatic carbocycles. The number of nitro groups is 1. The Bertz CT molecular complexity index is 715. The van der Waals surface area contributed by atoms with Crippen LogP contribution in [0, 0.1) is 10.1 Å². The van der Waals surface area contributed by atoms with Gasteiger partial charge in [0.15, 0.2) is 0 Å². The molecule has 6 nitrogen and oxygen atoms in total. The summed E-state index contributed by atoms with van der Waals surface area (Å²) in [7, 11) is 0. The van der Waals surface area contributed by atoms with Gasteiger partial charge in [-0.2, -0.15) is 0 Å². The highest BCUT2D eigenvalue weighted by molar-refractivity contribution is 5.99. The second kappa shape index (κ2) is 4.99. The molecule has 3 rings (SSSR count). The minimum absolute atomic E-state index is 0.0157. The molecule has 21 heavy (non-hydrogen) atoms. The molecule has 0 saturated carbocycles. The fourth-order valence-electron chi connectivity index (χ4n) is 2.64. The fraction of sp³-hybridized carbons (Fsp3) is 0.133. The summed E-state index contributed by atoms with van der Waals surface area (Å²) in [6.45, 7) is 0. The van der Waals surface area contributed by atoms with Crippen LogP contribution in [0.4, 0.5) is 11.4 Å².